The molecule has 7 nitrogen and oxygen atoms in total. The molecule has 0 saturated carbocycles. The summed E-state index contributed by atoms with van der Waals surface area (Å²) in [5.74, 6) is -0.472. The van der Waals surface area contributed by atoms with E-state index in [1.807, 2.05) is 20.8 Å². The molecule has 1 fully saturated rings. The number of Topliss-reactive ketones (excluding diaryl/α,β-unsaturated/α-hetero) is 1. The van der Waals surface area contributed by atoms with Gasteiger partial charge in [0.1, 0.15) is 23.0 Å². The molecule has 0 aromatic heterocycles. The van der Waals surface area contributed by atoms with E-state index in [9.17, 15) is 14.7 Å². The van der Waals surface area contributed by atoms with Crippen LogP contribution in [0.5, 0.6) is 17.2 Å². The fourth-order valence-electron chi connectivity index (χ4n) is 4.32. The molecule has 1 N–H and O–H groups in total. The smallest absolute Gasteiger partial charge is 0.300 e. The van der Waals surface area contributed by atoms with Crippen molar-refractivity contribution < 1.29 is 28.9 Å². The summed E-state index contributed by atoms with van der Waals surface area (Å²) in [6.45, 7) is 6.15. The number of carbonyl (C=O) groups is 2. The van der Waals surface area contributed by atoms with Crippen molar-refractivity contribution in [3.63, 3.8) is 0 Å². The van der Waals surface area contributed by atoms with Crippen LogP contribution in [-0.2, 0) is 9.59 Å². The van der Waals surface area contributed by atoms with Crippen LogP contribution in [0.2, 0.25) is 5.02 Å². The van der Waals surface area contributed by atoms with Gasteiger partial charge in [0.25, 0.3) is 11.7 Å². The second-order valence-electron chi connectivity index (χ2n) is 8.68. The molecule has 1 aliphatic rings. The normalized spacial score (nSPS) is 16.8. The number of carbonyl (C=O) groups excluding carboxylic acids is 2. The highest BCUT2D eigenvalue weighted by atomic mass is 35.5. The summed E-state index contributed by atoms with van der Waals surface area (Å²) in [6.07, 6.45) is -0.0203. The first kappa shape index (κ1) is 26.1. The number of ketones is 1. The molecule has 0 radical (unpaired) electrons. The maximum atomic E-state index is 13.5. The molecule has 192 valence electrons. The molecule has 37 heavy (non-hydrogen) atoms. The predicted octanol–water partition coefficient (Wildman–Crippen LogP) is 6.16. The zero-order chi connectivity index (χ0) is 26.7. The third kappa shape index (κ3) is 5.27. The van der Waals surface area contributed by atoms with Crippen LogP contribution in [0.15, 0.2) is 72.3 Å². The van der Waals surface area contributed by atoms with Gasteiger partial charge in [-0.2, -0.15) is 0 Å². The first-order valence-corrected chi connectivity index (χ1v) is 12.3. The zero-order valence-electron chi connectivity index (χ0n) is 21.0. The maximum Gasteiger partial charge on any atom is 0.300 e. The van der Waals surface area contributed by atoms with Crippen molar-refractivity contribution in [2.75, 3.05) is 18.6 Å². The summed E-state index contributed by atoms with van der Waals surface area (Å²) < 4.78 is 16.8. The van der Waals surface area contributed by atoms with Gasteiger partial charge in [0.05, 0.1) is 37.0 Å². The van der Waals surface area contributed by atoms with Crippen LogP contribution in [0.1, 0.15) is 37.9 Å². The van der Waals surface area contributed by atoms with Crippen LogP contribution >= 0.6 is 11.6 Å². The monoisotopic (exact) mass is 521 g/mol. The fraction of sp³-hybridized carbons (Fsp3) is 0.241. The van der Waals surface area contributed by atoms with Crippen molar-refractivity contribution in [2.45, 2.75) is 32.9 Å². The predicted molar refractivity (Wildman–Crippen MR) is 143 cm³/mol. The first-order chi connectivity index (χ1) is 17.7. The van der Waals surface area contributed by atoms with Crippen molar-refractivity contribution >= 4 is 34.7 Å². The summed E-state index contributed by atoms with van der Waals surface area (Å²) in [6, 6.07) is 17.8. The lowest BCUT2D eigenvalue weighted by Crippen LogP contribution is -2.29. The highest BCUT2D eigenvalue weighted by molar-refractivity contribution is 6.51. The van der Waals surface area contributed by atoms with E-state index in [1.54, 1.807) is 60.7 Å². The summed E-state index contributed by atoms with van der Waals surface area (Å²) in [5, 5.41) is 11.8. The average molecular weight is 522 g/mol. The van der Waals surface area contributed by atoms with Crippen molar-refractivity contribution in [1.29, 1.82) is 0 Å². The maximum absolute atomic E-state index is 13.5. The van der Waals surface area contributed by atoms with Crippen LogP contribution in [0.4, 0.5) is 5.69 Å². The van der Waals surface area contributed by atoms with Crippen molar-refractivity contribution in [2.24, 2.45) is 0 Å². The molecule has 8 heteroatoms. The number of aliphatic hydroxyl groups is 1. The Balaban J connectivity index is 1.93. The molecule has 3 aromatic carbocycles. The quantitative estimate of drug-likeness (QED) is 0.217. The van der Waals surface area contributed by atoms with Crippen LogP contribution in [-0.4, -0.2) is 36.6 Å². The van der Waals surface area contributed by atoms with Crippen LogP contribution < -0.4 is 19.1 Å². The molecule has 4 rings (SSSR count). The minimum Gasteiger partial charge on any atom is -0.507 e. The minimum absolute atomic E-state index is 0.0203. The van der Waals surface area contributed by atoms with Gasteiger partial charge in [-0.1, -0.05) is 29.8 Å². The van der Waals surface area contributed by atoms with E-state index in [0.717, 1.165) is 0 Å². The Morgan fingerprint density at radius 2 is 1.76 bits per heavy atom. The lowest BCUT2D eigenvalue weighted by atomic mass is 9.94. The Kier molecular flexibility index (Phi) is 7.74. The highest BCUT2D eigenvalue weighted by Crippen LogP contribution is 2.44. The molecule has 0 bridgehead atoms. The summed E-state index contributed by atoms with van der Waals surface area (Å²) in [7, 11) is 1.45. The zero-order valence-corrected chi connectivity index (χ0v) is 21.8. The Labute approximate surface area is 220 Å². The van der Waals surface area contributed by atoms with Gasteiger partial charge in [-0.3, -0.25) is 14.5 Å². The van der Waals surface area contributed by atoms with Crippen molar-refractivity contribution in [3.05, 3.63) is 88.5 Å². The van der Waals surface area contributed by atoms with E-state index in [4.69, 9.17) is 25.8 Å². The number of nitrogens with zero attached hydrogens (tertiary/aromatic N) is 1. The molecular weight excluding hydrogens is 494 g/mol. The Bertz CT molecular complexity index is 1350. The van der Waals surface area contributed by atoms with E-state index >= 15 is 0 Å². The van der Waals surface area contributed by atoms with Crippen LogP contribution in [0, 0.1) is 0 Å². The van der Waals surface area contributed by atoms with Gasteiger partial charge in [0.2, 0.25) is 0 Å². The van der Waals surface area contributed by atoms with E-state index < -0.39 is 17.7 Å². The number of methoxy groups -OCH3 is 1. The van der Waals surface area contributed by atoms with Gasteiger partial charge in [0, 0.05) is 16.8 Å². The molecule has 3 aromatic rings. The number of halogens is 1. The molecule has 1 atom stereocenters. The molecule has 1 saturated heterocycles. The number of hydrogen-bond donors (Lipinski definition) is 1. The van der Waals surface area contributed by atoms with Crippen LogP contribution in [0.3, 0.4) is 0 Å². The van der Waals surface area contributed by atoms with Gasteiger partial charge in [0.15, 0.2) is 0 Å². The highest BCUT2D eigenvalue weighted by Gasteiger charge is 2.47. The molecule has 1 aliphatic heterocycles. The van der Waals surface area contributed by atoms with Crippen molar-refractivity contribution in [1.82, 2.24) is 0 Å². The topological polar surface area (TPSA) is 85.3 Å². The average Bonchev–Trinajstić information content (AvgIpc) is 3.14. The van der Waals surface area contributed by atoms with Crippen molar-refractivity contribution in [3.8, 4) is 17.2 Å². The second-order valence-corrected chi connectivity index (χ2v) is 9.12. The first-order valence-electron chi connectivity index (χ1n) is 11.9. The Hall–Kier alpha value is -3.97. The molecule has 0 aliphatic carbocycles. The van der Waals surface area contributed by atoms with E-state index in [2.05, 4.69) is 0 Å². The Morgan fingerprint density at radius 1 is 1.03 bits per heavy atom. The lowest BCUT2D eigenvalue weighted by molar-refractivity contribution is -0.132. The molecule has 1 unspecified atom stereocenters. The number of benzene rings is 3. The number of amides is 1. The summed E-state index contributed by atoms with van der Waals surface area (Å²) in [4.78, 5) is 28.3. The third-order valence-electron chi connectivity index (χ3n) is 5.84. The van der Waals surface area contributed by atoms with Gasteiger partial charge in [-0.25, -0.2) is 0 Å². The largest absolute Gasteiger partial charge is 0.507 e. The fourth-order valence-corrected chi connectivity index (χ4v) is 4.49. The standard InChI is InChI=1S/C29H28ClNO6/c1-5-36-22-8-6-7-20(16-22)31-26(18-9-12-21(13-10-18)37-17(2)3)25(28(33)29(31)34)27(32)23-15-19(30)11-14-24(23)35-4/h6-17,26,32H,5H2,1-4H3/b27-25+. The second kappa shape index (κ2) is 11.0. The molecular formula is C29H28ClNO6. The van der Waals surface area contributed by atoms with E-state index in [0.29, 0.717) is 40.1 Å². The third-order valence-corrected chi connectivity index (χ3v) is 6.07. The van der Waals surface area contributed by atoms with E-state index in [1.165, 1.54) is 18.1 Å². The van der Waals surface area contributed by atoms with Gasteiger partial charge < -0.3 is 19.3 Å². The number of aliphatic hydroxyl groups excluding tert-OH is 1. The van der Waals surface area contributed by atoms with E-state index in [-0.39, 0.29) is 23.0 Å². The molecule has 1 amide bonds. The number of rotatable bonds is 8. The SMILES string of the molecule is CCOc1cccc(N2C(=O)C(=O)/C(=C(/O)c3cc(Cl)ccc3OC)C2c2ccc(OC(C)C)cc2)c1. The summed E-state index contributed by atoms with van der Waals surface area (Å²) >= 11 is 6.19. The van der Waals surface area contributed by atoms with Gasteiger partial charge in [-0.15, -0.1) is 0 Å². The number of ether oxygens (including phenoxy) is 3. The number of hydrogen-bond acceptors (Lipinski definition) is 6. The minimum atomic E-state index is -0.923. The summed E-state index contributed by atoms with van der Waals surface area (Å²) in [5.41, 5.74) is 1.20. The van der Waals surface area contributed by atoms with Gasteiger partial charge >= 0.3 is 0 Å². The molecule has 0 spiro atoms. The number of anilines is 1. The van der Waals surface area contributed by atoms with Crippen LogP contribution in [0.25, 0.3) is 5.76 Å². The van der Waals surface area contributed by atoms with Gasteiger partial charge in [-0.05, 0) is 68.8 Å². The Morgan fingerprint density at radius 3 is 2.41 bits per heavy atom. The molecule has 1 heterocycles. The lowest BCUT2D eigenvalue weighted by Gasteiger charge is -2.26.